The first kappa shape index (κ1) is 15.2. The summed E-state index contributed by atoms with van der Waals surface area (Å²) in [7, 11) is 1.65. The van der Waals surface area contributed by atoms with Gasteiger partial charge in [-0.25, -0.2) is 0 Å². The SMILES string of the molecule is COCCOc1cc(C)ccc1NCc1ccccc1O. The summed E-state index contributed by atoms with van der Waals surface area (Å²) >= 11 is 0. The quantitative estimate of drug-likeness (QED) is 0.767. The van der Waals surface area contributed by atoms with Crippen LogP contribution in [0.15, 0.2) is 42.5 Å². The number of phenolic OH excluding ortho intramolecular Hbond substituents is 1. The molecule has 2 aromatic rings. The normalized spacial score (nSPS) is 10.4. The van der Waals surface area contributed by atoms with Gasteiger partial charge in [0.15, 0.2) is 0 Å². The number of anilines is 1. The van der Waals surface area contributed by atoms with Crippen molar-refractivity contribution in [1.29, 1.82) is 0 Å². The molecule has 0 radical (unpaired) electrons. The summed E-state index contributed by atoms with van der Waals surface area (Å²) in [6.07, 6.45) is 0. The summed E-state index contributed by atoms with van der Waals surface area (Å²) < 4.78 is 10.7. The highest BCUT2D eigenvalue weighted by molar-refractivity contribution is 5.58. The Labute approximate surface area is 125 Å². The molecule has 0 aliphatic heterocycles. The van der Waals surface area contributed by atoms with Crippen LogP contribution in [0.4, 0.5) is 5.69 Å². The summed E-state index contributed by atoms with van der Waals surface area (Å²) in [5.74, 6) is 1.08. The molecule has 0 heterocycles. The lowest BCUT2D eigenvalue weighted by molar-refractivity contribution is 0.146. The van der Waals surface area contributed by atoms with Crippen molar-refractivity contribution in [2.75, 3.05) is 25.6 Å². The van der Waals surface area contributed by atoms with Crippen LogP contribution in [0.1, 0.15) is 11.1 Å². The standard InChI is InChI=1S/C17H21NO3/c1-13-7-8-15(17(11-13)21-10-9-20-2)18-12-14-5-3-4-6-16(14)19/h3-8,11,18-19H,9-10,12H2,1-2H3. The fourth-order valence-corrected chi connectivity index (χ4v) is 1.98. The average molecular weight is 287 g/mol. The average Bonchev–Trinajstić information content (AvgIpc) is 2.48. The highest BCUT2D eigenvalue weighted by atomic mass is 16.5. The molecule has 0 atom stereocenters. The van der Waals surface area contributed by atoms with Crippen molar-refractivity contribution in [3.8, 4) is 11.5 Å². The van der Waals surface area contributed by atoms with Gasteiger partial charge >= 0.3 is 0 Å². The Bertz CT molecular complexity index is 584. The van der Waals surface area contributed by atoms with Gasteiger partial charge in [0.05, 0.1) is 12.3 Å². The van der Waals surface area contributed by atoms with Gasteiger partial charge in [0.2, 0.25) is 0 Å². The molecule has 0 fully saturated rings. The molecule has 2 N–H and O–H groups in total. The molecule has 0 aliphatic carbocycles. The highest BCUT2D eigenvalue weighted by Gasteiger charge is 2.06. The second kappa shape index (κ2) is 7.55. The number of aromatic hydroxyl groups is 1. The molecule has 0 unspecified atom stereocenters. The number of hydrogen-bond acceptors (Lipinski definition) is 4. The minimum absolute atomic E-state index is 0.291. The Morgan fingerprint density at radius 3 is 2.67 bits per heavy atom. The van der Waals surface area contributed by atoms with Crippen molar-refractivity contribution in [2.45, 2.75) is 13.5 Å². The number of nitrogens with one attached hydrogen (secondary N) is 1. The van der Waals surface area contributed by atoms with Crippen LogP contribution in [0.2, 0.25) is 0 Å². The molecule has 0 saturated carbocycles. The number of aryl methyl sites for hydroxylation is 1. The number of benzene rings is 2. The van der Waals surface area contributed by atoms with E-state index < -0.39 is 0 Å². The molecule has 21 heavy (non-hydrogen) atoms. The summed E-state index contributed by atoms with van der Waals surface area (Å²) in [5, 5.41) is 13.1. The van der Waals surface area contributed by atoms with E-state index in [1.54, 1.807) is 13.2 Å². The van der Waals surface area contributed by atoms with Crippen molar-refractivity contribution >= 4 is 5.69 Å². The molecular weight excluding hydrogens is 266 g/mol. The van der Waals surface area contributed by atoms with Crippen molar-refractivity contribution in [1.82, 2.24) is 0 Å². The van der Waals surface area contributed by atoms with E-state index in [2.05, 4.69) is 5.32 Å². The van der Waals surface area contributed by atoms with E-state index in [0.717, 1.165) is 22.6 Å². The van der Waals surface area contributed by atoms with Gasteiger partial charge < -0.3 is 19.9 Å². The summed E-state index contributed by atoms with van der Waals surface area (Å²) in [6, 6.07) is 13.3. The maximum atomic E-state index is 9.79. The second-order valence-electron chi connectivity index (χ2n) is 4.82. The summed E-state index contributed by atoms with van der Waals surface area (Å²) in [4.78, 5) is 0. The zero-order valence-corrected chi connectivity index (χ0v) is 12.4. The Morgan fingerprint density at radius 1 is 1.10 bits per heavy atom. The first-order chi connectivity index (χ1) is 10.2. The van der Waals surface area contributed by atoms with E-state index >= 15 is 0 Å². The van der Waals surface area contributed by atoms with Crippen LogP contribution in [-0.4, -0.2) is 25.4 Å². The summed E-state index contributed by atoms with van der Waals surface area (Å²) in [6.45, 7) is 3.62. The molecule has 0 bridgehead atoms. The van der Waals surface area contributed by atoms with Gasteiger partial charge in [-0.15, -0.1) is 0 Å². The molecule has 4 heteroatoms. The first-order valence-electron chi connectivity index (χ1n) is 6.94. The minimum Gasteiger partial charge on any atom is -0.508 e. The van der Waals surface area contributed by atoms with Crippen LogP contribution in [0.3, 0.4) is 0 Å². The third kappa shape index (κ3) is 4.39. The molecule has 0 aromatic heterocycles. The van der Waals surface area contributed by atoms with Crippen LogP contribution in [0, 0.1) is 6.92 Å². The number of hydrogen-bond donors (Lipinski definition) is 2. The van der Waals surface area contributed by atoms with Crippen molar-refractivity contribution in [3.63, 3.8) is 0 Å². The van der Waals surface area contributed by atoms with Gasteiger partial charge in [-0.3, -0.25) is 0 Å². The van der Waals surface area contributed by atoms with Gasteiger partial charge in [-0.05, 0) is 30.7 Å². The largest absolute Gasteiger partial charge is 0.508 e. The van der Waals surface area contributed by atoms with Gasteiger partial charge in [0, 0.05) is 19.2 Å². The van der Waals surface area contributed by atoms with Crippen LogP contribution in [0.25, 0.3) is 0 Å². The lowest BCUT2D eigenvalue weighted by atomic mass is 10.1. The fraction of sp³-hybridized carbons (Fsp3) is 0.294. The molecule has 2 rings (SSSR count). The minimum atomic E-state index is 0.291. The van der Waals surface area contributed by atoms with Gasteiger partial charge in [-0.2, -0.15) is 0 Å². The molecule has 0 saturated heterocycles. The lowest BCUT2D eigenvalue weighted by Gasteiger charge is -2.14. The second-order valence-corrected chi connectivity index (χ2v) is 4.82. The van der Waals surface area contributed by atoms with Gasteiger partial charge in [-0.1, -0.05) is 24.3 Å². The fourth-order valence-electron chi connectivity index (χ4n) is 1.98. The van der Waals surface area contributed by atoms with Crippen molar-refractivity contribution < 1.29 is 14.6 Å². The molecule has 112 valence electrons. The maximum Gasteiger partial charge on any atom is 0.142 e. The predicted octanol–water partition coefficient (Wildman–Crippen LogP) is 3.34. The molecule has 4 nitrogen and oxygen atoms in total. The highest BCUT2D eigenvalue weighted by Crippen LogP contribution is 2.27. The van der Waals surface area contributed by atoms with E-state index in [1.165, 1.54) is 0 Å². The van der Waals surface area contributed by atoms with Crippen LogP contribution >= 0.6 is 0 Å². The molecule has 0 spiro atoms. The van der Waals surface area contributed by atoms with E-state index in [9.17, 15) is 5.11 Å². The van der Waals surface area contributed by atoms with Crippen molar-refractivity contribution in [3.05, 3.63) is 53.6 Å². The lowest BCUT2D eigenvalue weighted by Crippen LogP contribution is -2.07. The monoisotopic (exact) mass is 287 g/mol. The number of phenols is 1. The smallest absolute Gasteiger partial charge is 0.142 e. The van der Waals surface area contributed by atoms with Crippen molar-refractivity contribution in [2.24, 2.45) is 0 Å². The zero-order valence-electron chi connectivity index (χ0n) is 12.4. The Hall–Kier alpha value is -2.20. The third-order valence-corrected chi connectivity index (χ3v) is 3.14. The maximum absolute atomic E-state index is 9.79. The number of rotatable bonds is 7. The number of ether oxygens (including phenoxy) is 2. The van der Waals surface area contributed by atoms with Crippen LogP contribution in [-0.2, 0) is 11.3 Å². The Kier molecular flexibility index (Phi) is 5.46. The first-order valence-corrected chi connectivity index (χ1v) is 6.94. The topological polar surface area (TPSA) is 50.7 Å². The Morgan fingerprint density at radius 2 is 1.90 bits per heavy atom. The van der Waals surface area contributed by atoms with E-state index in [-0.39, 0.29) is 0 Å². The zero-order chi connectivity index (χ0) is 15.1. The van der Waals surface area contributed by atoms with Gasteiger partial charge in [0.1, 0.15) is 18.1 Å². The summed E-state index contributed by atoms with van der Waals surface area (Å²) in [5.41, 5.74) is 2.89. The van der Waals surface area contributed by atoms with E-state index in [0.29, 0.717) is 25.5 Å². The van der Waals surface area contributed by atoms with E-state index in [1.807, 2.05) is 43.3 Å². The van der Waals surface area contributed by atoms with Gasteiger partial charge in [0.25, 0.3) is 0 Å². The number of para-hydroxylation sites is 1. The molecule has 0 amide bonds. The molecule has 2 aromatic carbocycles. The molecule has 0 aliphatic rings. The predicted molar refractivity (Wildman–Crippen MR) is 84.0 cm³/mol. The van der Waals surface area contributed by atoms with Crippen LogP contribution in [0.5, 0.6) is 11.5 Å². The van der Waals surface area contributed by atoms with E-state index in [4.69, 9.17) is 9.47 Å². The molecular formula is C17H21NO3. The Balaban J connectivity index is 2.06. The number of methoxy groups -OCH3 is 1. The third-order valence-electron chi connectivity index (χ3n) is 3.14. The van der Waals surface area contributed by atoms with Crippen LogP contribution < -0.4 is 10.1 Å².